The molecular formula is C11H13ClN2OS. The number of hydrogen-bond donors (Lipinski definition) is 1. The summed E-state index contributed by atoms with van der Waals surface area (Å²) >= 11 is 7.64. The maximum absolute atomic E-state index is 6.07. The fraction of sp³-hybridized carbons (Fsp3) is 0.364. The lowest BCUT2D eigenvalue weighted by atomic mass is 10.3. The predicted octanol–water partition coefficient (Wildman–Crippen LogP) is 3.40. The number of ether oxygens (including phenoxy) is 1. The van der Waals surface area contributed by atoms with Gasteiger partial charge in [0.05, 0.1) is 21.8 Å². The van der Waals surface area contributed by atoms with Crippen molar-refractivity contribution in [2.24, 2.45) is 0 Å². The molecule has 1 aromatic carbocycles. The zero-order valence-corrected chi connectivity index (χ0v) is 10.6. The third kappa shape index (κ3) is 2.64. The average molecular weight is 257 g/mol. The van der Waals surface area contributed by atoms with E-state index < -0.39 is 0 Å². The monoisotopic (exact) mass is 256 g/mol. The molecule has 0 aliphatic rings. The van der Waals surface area contributed by atoms with E-state index in [1.165, 1.54) is 0 Å². The fourth-order valence-electron chi connectivity index (χ4n) is 1.37. The van der Waals surface area contributed by atoms with E-state index in [4.69, 9.17) is 16.3 Å². The smallest absolute Gasteiger partial charge is 0.183 e. The largest absolute Gasteiger partial charge is 0.380 e. The zero-order chi connectivity index (χ0) is 11.4. The van der Waals surface area contributed by atoms with Crippen LogP contribution in [-0.4, -0.2) is 24.7 Å². The van der Waals surface area contributed by atoms with Crippen LogP contribution in [0.2, 0.25) is 5.02 Å². The molecule has 0 unspecified atom stereocenters. The summed E-state index contributed by atoms with van der Waals surface area (Å²) in [5.41, 5.74) is 0.941. The van der Waals surface area contributed by atoms with Gasteiger partial charge in [-0.05, 0) is 19.1 Å². The molecule has 1 N–H and O–H groups in total. The van der Waals surface area contributed by atoms with Gasteiger partial charge in [-0.2, -0.15) is 0 Å². The fourth-order valence-corrected chi connectivity index (χ4v) is 2.55. The number of benzene rings is 1. The molecule has 0 bridgehead atoms. The summed E-state index contributed by atoms with van der Waals surface area (Å²) in [6.45, 7) is 4.19. The van der Waals surface area contributed by atoms with Crippen LogP contribution in [0.25, 0.3) is 10.2 Å². The summed E-state index contributed by atoms with van der Waals surface area (Å²) in [4.78, 5) is 4.44. The van der Waals surface area contributed by atoms with Crippen LogP contribution in [0.3, 0.4) is 0 Å². The minimum Gasteiger partial charge on any atom is -0.380 e. The van der Waals surface area contributed by atoms with Crippen molar-refractivity contribution in [1.29, 1.82) is 0 Å². The molecule has 0 saturated carbocycles. The zero-order valence-electron chi connectivity index (χ0n) is 9.00. The first-order valence-corrected chi connectivity index (χ1v) is 6.37. The number of halogens is 1. The molecule has 5 heteroatoms. The number of fused-ring (bicyclic) bond motifs is 1. The molecule has 0 amide bonds. The summed E-state index contributed by atoms with van der Waals surface area (Å²) in [5.74, 6) is 0. The maximum atomic E-state index is 6.07. The van der Waals surface area contributed by atoms with E-state index in [0.29, 0.717) is 6.61 Å². The van der Waals surface area contributed by atoms with Gasteiger partial charge in [-0.25, -0.2) is 4.98 Å². The van der Waals surface area contributed by atoms with Crippen LogP contribution in [0.5, 0.6) is 0 Å². The predicted molar refractivity (Wildman–Crippen MR) is 69.6 cm³/mol. The second-order valence-electron chi connectivity index (χ2n) is 3.23. The lowest BCUT2D eigenvalue weighted by molar-refractivity contribution is 0.158. The van der Waals surface area contributed by atoms with Crippen molar-refractivity contribution in [3.63, 3.8) is 0 Å². The molecule has 0 fully saturated rings. The van der Waals surface area contributed by atoms with Gasteiger partial charge in [-0.15, -0.1) is 0 Å². The van der Waals surface area contributed by atoms with Gasteiger partial charge in [0.25, 0.3) is 0 Å². The Balaban J connectivity index is 2.05. The Kier molecular flexibility index (Phi) is 3.98. The molecule has 1 aromatic heterocycles. The Bertz CT molecular complexity index is 472. The molecule has 0 aliphatic heterocycles. The van der Waals surface area contributed by atoms with Crippen LogP contribution in [0.1, 0.15) is 6.92 Å². The van der Waals surface area contributed by atoms with Gasteiger partial charge in [0.1, 0.15) is 0 Å². The van der Waals surface area contributed by atoms with Crippen LogP contribution in [-0.2, 0) is 4.74 Å². The Labute approximate surface area is 103 Å². The minimum absolute atomic E-state index is 0.695. The topological polar surface area (TPSA) is 34.1 Å². The van der Waals surface area contributed by atoms with Crippen molar-refractivity contribution < 1.29 is 4.74 Å². The number of rotatable bonds is 5. The van der Waals surface area contributed by atoms with Crippen molar-refractivity contribution >= 4 is 38.3 Å². The number of nitrogens with one attached hydrogen (secondary N) is 1. The quantitative estimate of drug-likeness (QED) is 0.833. The second-order valence-corrected chi connectivity index (χ2v) is 4.64. The van der Waals surface area contributed by atoms with Gasteiger partial charge in [-0.1, -0.05) is 29.0 Å². The highest BCUT2D eigenvalue weighted by Gasteiger charge is 2.05. The molecule has 3 nitrogen and oxygen atoms in total. The van der Waals surface area contributed by atoms with Crippen LogP contribution in [0.15, 0.2) is 18.2 Å². The first-order chi connectivity index (χ1) is 7.81. The summed E-state index contributed by atoms with van der Waals surface area (Å²) in [6.07, 6.45) is 0. The normalized spacial score (nSPS) is 10.9. The lowest BCUT2D eigenvalue weighted by Crippen LogP contribution is -2.08. The molecular weight excluding hydrogens is 244 g/mol. The Morgan fingerprint density at radius 2 is 2.38 bits per heavy atom. The van der Waals surface area contributed by atoms with Gasteiger partial charge in [0, 0.05) is 13.2 Å². The minimum atomic E-state index is 0.695. The maximum Gasteiger partial charge on any atom is 0.183 e. The van der Waals surface area contributed by atoms with Crippen molar-refractivity contribution in [2.45, 2.75) is 6.92 Å². The summed E-state index contributed by atoms with van der Waals surface area (Å²) in [5, 5.41) is 4.87. The Hall–Kier alpha value is -0.840. The van der Waals surface area contributed by atoms with Crippen molar-refractivity contribution in [2.75, 3.05) is 25.1 Å². The summed E-state index contributed by atoms with van der Waals surface area (Å²) in [7, 11) is 0. The first-order valence-electron chi connectivity index (χ1n) is 5.18. The molecule has 2 rings (SSSR count). The highest BCUT2D eigenvalue weighted by Crippen LogP contribution is 2.31. The SMILES string of the molecule is CCOCCNc1nc2cccc(Cl)c2s1. The highest BCUT2D eigenvalue weighted by molar-refractivity contribution is 7.22. The third-order valence-corrected chi connectivity index (χ3v) is 3.58. The van der Waals surface area contributed by atoms with Crippen molar-refractivity contribution in [3.05, 3.63) is 23.2 Å². The van der Waals surface area contributed by atoms with Gasteiger partial charge in [0.2, 0.25) is 0 Å². The molecule has 0 atom stereocenters. The number of aromatic nitrogens is 1. The van der Waals surface area contributed by atoms with E-state index in [2.05, 4.69) is 10.3 Å². The van der Waals surface area contributed by atoms with E-state index in [1.807, 2.05) is 25.1 Å². The Morgan fingerprint density at radius 3 is 3.12 bits per heavy atom. The van der Waals surface area contributed by atoms with Gasteiger partial charge >= 0.3 is 0 Å². The average Bonchev–Trinajstić information content (AvgIpc) is 2.69. The van der Waals surface area contributed by atoms with Gasteiger partial charge in [0.15, 0.2) is 5.13 Å². The number of nitrogens with zero attached hydrogens (tertiary/aromatic N) is 1. The second kappa shape index (κ2) is 5.48. The third-order valence-electron chi connectivity index (χ3n) is 2.09. The first kappa shape index (κ1) is 11.6. The van der Waals surface area contributed by atoms with Crippen LogP contribution >= 0.6 is 22.9 Å². The van der Waals surface area contributed by atoms with Gasteiger partial charge in [-0.3, -0.25) is 0 Å². The van der Waals surface area contributed by atoms with E-state index in [9.17, 15) is 0 Å². The van der Waals surface area contributed by atoms with E-state index in [1.54, 1.807) is 11.3 Å². The number of thiazole rings is 1. The van der Waals surface area contributed by atoms with Crippen LogP contribution in [0, 0.1) is 0 Å². The highest BCUT2D eigenvalue weighted by atomic mass is 35.5. The summed E-state index contributed by atoms with van der Waals surface area (Å²) < 4.78 is 6.27. The standard InChI is InChI=1S/C11H13ClN2OS/c1-2-15-7-6-13-11-14-9-5-3-4-8(12)10(9)16-11/h3-5H,2,6-7H2,1H3,(H,13,14). The molecule has 0 radical (unpaired) electrons. The molecule has 0 saturated heterocycles. The summed E-state index contributed by atoms with van der Waals surface area (Å²) in [6, 6.07) is 5.76. The van der Waals surface area contributed by atoms with Crippen molar-refractivity contribution in [3.8, 4) is 0 Å². The van der Waals surface area contributed by atoms with Gasteiger partial charge < -0.3 is 10.1 Å². The molecule has 86 valence electrons. The van der Waals surface area contributed by atoms with Crippen LogP contribution in [0.4, 0.5) is 5.13 Å². The Morgan fingerprint density at radius 1 is 1.50 bits per heavy atom. The van der Waals surface area contributed by atoms with Crippen LogP contribution < -0.4 is 5.32 Å². The van der Waals surface area contributed by atoms with E-state index >= 15 is 0 Å². The molecule has 2 aromatic rings. The van der Waals surface area contributed by atoms with E-state index in [0.717, 1.165) is 33.5 Å². The molecule has 1 heterocycles. The lowest BCUT2D eigenvalue weighted by Gasteiger charge is -2.01. The molecule has 0 spiro atoms. The molecule has 16 heavy (non-hydrogen) atoms. The van der Waals surface area contributed by atoms with E-state index in [-0.39, 0.29) is 0 Å². The molecule has 0 aliphatic carbocycles. The number of hydrogen-bond acceptors (Lipinski definition) is 4. The number of anilines is 1. The van der Waals surface area contributed by atoms with Crippen molar-refractivity contribution in [1.82, 2.24) is 4.98 Å².